The first-order valence-corrected chi connectivity index (χ1v) is 7.21. The van der Waals surface area contributed by atoms with Gasteiger partial charge in [0.25, 0.3) is 0 Å². The molecule has 0 aromatic carbocycles. The van der Waals surface area contributed by atoms with Gasteiger partial charge in [-0.05, 0) is 39.5 Å². The first-order valence-electron chi connectivity index (χ1n) is 7.21. The summed E-state index contributed by atoms with van der Waals surface area (Å²) in [5.41, 5.74) is 11.7. The minimum atomic E-state index is -0.476. The van der Waals surface area contributed by atoms with Crippen LogP contribution in [0.1, 0.15) is 33.6 Å². The van der Waals surface area contributed by atoms with Gasteiger partial charge in [-0.1, -0.05) is 0 Å². The third-order valence-corrected chi connectivity index (χ3v) is 3.75. The van der Waals surface area contributed by atoms with E-state index in [1.54, 1.807) is 4.90 Å². The highest BCUT2D eigenvalue weighted by atomic mass is 16.6. The Morgan fingerprint density at radius 2 is 2.05 bits per heavy atom. The highest BCUT2D eigenvalue weighted by molar-refractivity contribution is 5.68. The number of hydrogen-bond acceptors (Lipinski definition) is 6. The van der Waals surface area contributed by atoms with E-state index in [1.807, 2.05) is 20.8 Å². The SMILES string of the molecule is CC(C)(C)OC(=O)N1CCC(C2NNC(N)=C2C#N)CC1. The summed E-state index contributed by atoms with van der Waals surface area (Å²) >= 11 is 0. The second kappa shape index (κ2) is 5.82. The van der Waals surface area contributed by atoms with E-state index < -0.39 is 5.60 Å². The Balaban J connectivity index is 1.90. The van der Waals surface area contributed by atoms with Crippen LogP contribution in [0.5, 0.6) is 0 Å². The van der Waals surface area contributed by atoms with Gasteiger partial charge in [0, 0.05) is 13.1 Å². The van der Waals surface area contributed by atoms with Gasteiger partial charge in [-0.25, -0.2) is 10.2 Å². The molecule has 4 N–H and O–H groups in total. The van der Waals surface area contributed by atoms with Crippen molar-refractivity contribution >= 4 is 6.09 Å². The van der Waals surface area contributed by atoms with E-state index >= 15 is 0 Å². The number of nitrogens with one attached hydrogen (secondary N) is 2. The minimum Gasteiger partial charge on any atom is -0.444 e. The molecule has 2 rings (SSSR count). The van der Waals surface area contributed by atoms with Gasteiger partial charge >= 0.3 is 6.09 Å². The molecule has 7 nitrogen and oxygen atoms in total. The molecule has 21 heavy (non-hydrogen) atoms. The number of rotatable bonds is 1. The Kier molecular flexibility index (Phi) is 4.28. The highest BCUT2D eigenvalue weighted by Gasteiger charge is 2.35. The summed E-state index contributed by atoms with van der Waals surface area (Å²) in [6, 6.07) is 2.08. The molecular formula is C14H23N5O2. The number of amides is 1. The maximum Gasteiger partial charge on any atom is 0.410 e. The van der Waals surface area contributed by atoms with E-state index in [0.717, 1.165) is 12.8 Å². The number of nitrogens with two attached hydrogens (primary N) is 1. The Labute approximate surface area is 125 Å². The molecule has 2 heterocycles. The van der Waals surface area contributed by atoms with Crippen molar-refractivity contribution in [2.45, 2.75) is 45.3 Å². The molecule has 0 spiro atoms. The number of nitrogens with zero attached hydrogens (tertiary/aromatic N) is 2. The molecule has 0 aliphatic carbocycles. The maximum absolute atomic E-state index is 12.0. The average molecular weight is 293 g/mol. The maximum atomic E-state index is 12.0. The molecule has 0 saturated carbocycles. The number of carbonyl (C=O) groups is 1. The third kappa shape index (κ3) is 3.58. The van der Waals surface area contributed by atoms with Crippen LogP contribution in [-0.2, 0) is 4.74 Å². The van der Waals surface area contributed by atoms with Gasteiger partial charge in [0.2, 0.25) is 0 Å². The number of carbonyl (C=O) groups excluding carboxylic acids is 1. The number of piperidine rings is 1. The monoisotopic (exact) mass is 293 g/mol. The number of hydrazine groups is 1. The highest BCUT2D eigenvalue weighted by Crippen LogP contribution is 2.27. The molecule has 1 atom stereocenters. The molecule has 1 fully saturated rings. The van der Waals surface area contributed by atoms with Crippen molar-refractivity contribution in [3.63, 3.8) is 0 Å². The lowest BCUT2D eigenvalue weighted by Crippen LogP contribution is -2.47. The van der Waals surface area contributed by atoms with Crippen LogP contribution in [0.3, 0.4) is 0 Å². The Hall–Kier alpha value is -1.94. The molecule has 0 bridgehead atoms. The van der Waals surface area contributed by atoms with E-state index in [-0.39, 0.29) is 18.1 Å². The Morgan fingerprint density at radius 1 is 1.43 bits per heavy atom. The van der Waals surface area contributed by atoms with Gasteiger partial charge in [0.15, 0.2) is 0 Å². The number of ether oxygens (including phenoxy) is 1. The van der Waals surface area contributed by atoms with Crippen LogP contribution in [0.15, 0.2) is 11.4 Å². The topological polar surface area (TPSA) is 103 Å². The van der Waals surface area contributed by atoms with Crippen LogP contribution >= 0.6 is 0 Å². The van der Waals surface area contributed by atoms with E-state index in [0.29, 0.717) is 24.5 Å². The van der Waals surface area contributed by atoms with E-state index in [1.165, 1.54) is 0 Å². The van der Waals surface area contributed by atoms with Crippen LogP contribution in [0, 0.1) is 17.2 Å². The van der Waals surface area contributed by atoms with Gasteiger partial charge in [0.1, 0.15) is 17.5 Å². The second-order valence-electron chi connectivity index (χ2n) is 6.49. The lowest BCUT2D eigenvalue weighted by atomic mass is 9.86. The van der Waals surface area contributed by atoms with E-state index in [9.17, 15) is 4.79 Å². The van der Waals surface area contributed by atoms with Gasteiger partial charge in [0.05, 0.1) is 11.6 Å². The molecule has 1 amide bonds. The first-order chi connectivity index (χ1) is 9.81. The standard InChI is InChI=1S/C14H23N5O2/c1-14(2,3)21-13(20)19-6-4-9(5-7-19)11-10(8-15)12(16)18-17-11/h9,11,17-18H,4-7,16H2,1-3H3. The first kappa shape index (κ1) is 15.4. The Bertz CT molecular complexity index is 481. The van der Waals surface area contributed by atoms with Crippen molar-refractivity contribution in [1.82, 2.24) is 15.8 Å². The van der Waals surface area contributed by atoms with Crippen LogP contribution in [-0.4, -0.2) is 35.7 Å². The largest absolute Gasteiger partial charge is 0.444 e. The summed E-state index contributed by atoms with van der Waals surface area (Å²) in [4.78, 5) is 13.7. The van der Waals surface area contributed by atoms with Gasteiger partial charge < -0.3 is 20.8 Å². The van der Waals surface area contributed by atoms with Crippen LogP contribution < -0.4 is 16.6 Å². The van der Waals surface area contributed by atoms with Crippen molar-refractivity contribution in [3.05, 3.63) is 11.4 Å². The summed E-state index contributed by atoms with van der Waals surface area (Å²) in [7, 11) is 0. The zero-order valence-electron chi connectivity index (χ0n) is 12.8. The molecule has 2 aliphatic rings. The fourth-order valence-corrected chi connectivity index (χ4v) is 2.69. The van der Waals surface area contributed by atoms with Crippen LogP contribution in [0.2, 0.25) is 0 Å². The second-order valence-corrected chi connectivity index (χ2v) is 6.49. The molecule has 2 aliphatic heterocycles. The molecule has 0 aromatic heterocycles. The third-order valence-electron chi connectivity index (χ3n) is 3.75. The molecule has 0 aromatic rings. The fourth-order valence-electron chi connectivity index (χ4n) is 2.69. The van der Waals surface area contributed by atoms with Crippen molar-refractivity contribution in [3.8, 4) is 6.07 Å². The molecule has 116 valence electrons. The summed E-state index contributed by atoms with van der Waals surface area (Å²) in [5, 5.41) is 9.15. The van der Waals surface area contributed by atoms with Crippen LogP contribution in [0.4, 0.5) is 4.79 Å². The minimum absolute atomic E-state index is 0.0733. The summed E-state index contributed by atoms with van der Waals surface area (Å²) in [6.07, 6.45) is 1.36. The quantitative estimate of drug-likeness (QED) is 0.661. The van der Waals surface area contributed by atoms with E-state index in [2.05, 4.69) is 16.9 Å². The smallest absolute Gasteiger partial charge is 0.410 e. The average Bonchev–Trinajstić information content (AvgIpc) is 2.78. The molecule has 1 saturated heterocycles. The van der Waals surface area contributed by atoms with Crippen molar-refractivity contribution in [1.29, 1.82) is 5.26 Å². The summed E-state index contributed by atoms with van der Waals surface area (Å²) < 4.78 is 5.37. The zero-order chi connectivity index (χ0) is 15.6. The molecular weight excluding hydrogens is 270 g/mol. The molecule has 7 heteroatoms. The van der Waals surface area contributed by atoms with Gasteiger partial charge in [-0.15, -0.1) is 0 Å². The van der Waals surface area contributed by atoms with Crippen molar-refractivity contribution < 1.29 is 9.53 Å². The molecule has 0 radical (unpaired) electrons. The number of likely N-dealkylation sites (tertiary alicyclic amines) is 1. The van der Waals surface area contributed by atoms with Crippen molar-refractivity contribution in [2.75, 3.05) is 13.1 Å². The number of hydrogen-bond donors (Lipinski definition) is 3. The predicted octanol–water partition coefficient (Wildman–Crippen LogP) is 0.804. The Morgan fingerprint density at radius 3 is 2.57 bits per heavy atom. The van der Waals surface area contributed by atoms with Gasteiger partial charge in [-0.2, -0.15) is 5.26 Å². The lowest BCUT2D eigenvalue weighted by Gasteiger charge is -2.35. The number of nitriles is 1. The summed E-state index contributed by atoms with van der Waals surface area (Å²) in [5.74, 6) is 0.684. The zero-order valence-corrected chi connectivity index (χ0v) is 12.8. The molecule has 1 unspecified atom stereocenters. The fraction of sp³-hybridized carbons (Fsp3) is 0.714. The predicted molar refractivity (Wildman–Crippen MR) is 77.4 cm³/mol. The van der Waals surface area contributed by atoms with Crippen molar-refractivity contribution in [2.24, 2.45) is 11.7 Å². The van der Waals surface area contributed by atoms with Crippen LogP contribution in [0.25, 0.3) is 0 Å². The normalized spacial score (nSPS) is 23.7. The van der Waals surface area contributed by atoms with E-state index in [4.69, 9.17) is 15.7 Å². The lowest BCUT2D eigenvalue weighted by molar-refractivity contribution is 0.0175. The summed E-state index contributed by atoms with van der Waals surface area (Å²) in [6.45, 7) is 6.85. The van der Waals surface area contributed by atoms with Gasteiger partial charge in [-0.3, -0.25) is 0 Å².